The lowest BCUT2D eigenvalue weighted by molar-refractivity contribution is 0.570. The second kappa shape index (κ2) is 11.9. The molecule has 4 heteroatoms. The molecule has 0 amide bonds. The number of anilines is 3. The number of benzene rings is 6. The maximum Gasteiger partial charge on any atom is 0.148 e. The summed E-state index contributed by atoms with van der Waals surface area (Å²) in [6, 6.07) is 51.2. The van der Waals surface area contributed by atoms with Crippen LogP contribution in [-0.4, -0.2) is 5.84 Å². The minimum atomic E-state index is -0.0511. The first kappa shape index (κ1) is 28.1. The highest BCUT2D eigenvalue weighted by atomic mass is 16.3. The van der Waals surface area contributed by atoms with Crippen LogP contribution in [0.2, 0.25) is 0 Å². The Labute approximate surface area is 279 Å². The van der Waals surface area contributed by atoms with Crippen LogP contribution in [0.15, 0.2) is 161 Å². The number of para-hydroxylation sites is 1. The molecular formula is C44H33N3O. The molecule has 0 radical (unpaired) electrons. The molecule has 2 heterocycles. The first-order chi connectivity index (χ1) is 23.8. The second-order valence-corrected chi connectivity index (χ2v) is 12.3. The van der Waals surface area contributed by atoms with Crippen molar-refractivity contribution in [3.63, 3.8) is 0 Å². The number of aliphatic imine (C=N–C) groups is 1. The SMILES string of the molecule is C1=C(c2ccccc2)N=C(c2ccc(N(c3ccccc3)c3ccc4ccccc4c3)c3c4c(oc23)=CCCC=4)NC1c1ccccc1. The third kappa shape index (κ3) is 4.99. The smallest absolute Gasteiger partial charge is 0.148 e. The molecule has 0 saturated carbocycles. The quantitative estimate of drug-likeness (QED) is 0.202. The molecule has 4 nitrogen and oxygen atoms in total. The van der Waals surface area contributed by atoms with Gasteiger partial charge < -0.3 is 14.6 Å². The summed E-state index contributed by atoms with van der Waals surface area (Å²) in [7, 11) is 0. The van der Waals surface area contributed by atoms with Crippen LogP contribution in [0.1, 0.15) is 35.6 Å². The molecule has 0 spiro atoms. The Morgan fingerprint density at radius 1 is 0.646 bits per heavy atom. The largest absolute Gasteiger partial charge is 0.456 e. The van der Waals surface area contributed by atoms with Crippen molar-refractivity contribution < 1.29 is 4.42 Å². The van der Waals surface area contributed by atoms with Gasteiger partial charge in [0, 0.05) is 16.6 Å². The van der Waals surface area contributed by atoms with E-state index in [0.29, 0.717) is 0 Å². The van der Waals surface area contributed by atoms with E-state index in [9.17, 15) is 0 Å². The lowest BCUT2D eigenvalue weighted by Gasteiger charge is -2.28. The third-order valence-electron chi connectivity index (χ3n) is 9.31. The molecule has 230 valence electrons. The molecule has 0 bridgehead atoms. The van der Waals surface area contributed by atoms with Crippen molar-refractivity contribution >= 4 is 62.5 Å². The van der Waals surface area contributed by atoms with Crippen molar-refractivity contribution in [1.82, 2.24) is 5.32 Å². The normalized spacial score (nSPS) is 15.5. The van der Waals surface area contributed by atoms with Gasteiger partial charge in [-0.15, -0.1) is 0 Å². The summed E-state index contributed by atoms with van der Waals surface area (Å²) in [5, 5.41) is 8.42. The summed E-state index contributed by atoms with van der Waals surface area (Å²) < 4.78 is 6.84. The predicted octanol–water partition coefficient (Wildman–Crippen LogP) is 9.54. The van der Waals surface area contributed by atoms with Gasteiger partial charge in [-0.1, -0.05) is 115 Å². The van der Waals surface area contributed by atoms with Gasteiger partial charge in [-0.2, -0.15) is 0 Å². The molecule has 6 aromatic carbocycles. The zero-order valence-electron chi connectivity index (χ0n) is 26.4. The van der Waals surface area contributed by atoms with Crippen LogP contribution >= 0.6 is 0 Å². The van der Waals surface area contributed by atoms with Crippen LogP contribution < -0.4 is 20.9 Å². The monoisotopic (exact) mass is 619 g/mol. The molecule has 0 saturated heterocycles. The Hall–Kier alpha value is -6.13. The average molecular weight is 620 g/mol. The highest BCUT2D eigenvalue weighted by Gasteiger charge is 2.26. The van der Waals surface area contributed by atoms with Crippen molar-refractivity contribution in [1.29, 1.82) is 0 Å². The van der Waals surface area contributed by atoms with Gasteiger partial charge >= 0.3 is 0 Å². The van der Waals surface area contributed by atoms with Crippen molar-refractivity contribution in [2.24, 2.45) is 4.99 Å². The van der Waals surface area contributed by atoms with Gasteiger partial charge in [0.05, 0.1) is 28.4 Å². The summed E-state index contributed by atoms with van der Waals surface area (Å²) >= 11 is 0. The van der Waals surface area contributed by atoms with Gasteiger partial charge in [-0.3, -0.25) is 0 Å². The van der Waals surface area contributed by atoms with E-state index >= 15 is 0 Å². The van der Waals surface area contributed by atoms with Crippen LogP contribution in [0.25, 0.3) is 39.6 Å². The Bertz CT molecular complexity index is 2480. The predicted molar refractivity (Wildman–Crippen MR) is 199 cm³/mol. The fraction of sp³-hybridized carbons (Fsp3) is 0.0682. The van der Waals surface area contributed by atoms with E-state index in [1.54, 1.807) is 0 Å². The lowest BCUT2D eigenvalue weighted by Crippen LogP contribution is -2.31. The van der Waals surface area contributed by atoms with E-state index < -0.39 is 0 Å². The number of hydrogen-bond acceptors (Lipinski definition) is 4. The number of amidine groups is 1. The fourth-order valence-corrected chi connectivity index (χ4v) is 7.00. The van der Waals surface area contributed by atoms with Crippen molar-refractivity contribution in [2.45, 2.75) is 18.9 Å². The molecule has 1 N–H and O–H groups in total. The fourth-order valence-electron chi connectivity index (χ4n) is 7.00. The maximum absolute atomic E-state index is 6.84. The number of furan rings is 1. The highest BCUT2D eigenvalue weighted by molar-refractivity contribution is 6.14. The Morgan fingerprint density at radius 2 is 1.35 bits per heavy atom. The molecule has 1 aliphatic heterocycles. The summed E-state index contributed by atoms with van der Waals surface area (Å²) in [6.45, 7) is 0. The number of nitrogens with one attached hydrogen (secondary N) is 1. The molecule has 9 rings (SSSR count). The zero-order valence-corrected chi connectivity index (χ0v) is 26.4. The van der Waals surface area contributed by atoms with Crippen LogP contribution in [0, 0.1) is 0 Å². The van der Waals surface area contributed by atoms with E-state index in [0.717, 1.165) is 74.2 Å². The summed E-state index contributed by atoms with van der Waals surface area (Å²) in [5.74, 6) is 0.796. The van der Waals surface area contributed by atoms with Gasteiger partial charge in [0.2, 0.25) is 0 Å². The zero-order chi connectivity index (χ0) is 31.9. The van der Waals surface area contributed by atoms with Gasteiger partial charge in [0.15, 0.2) is 0 Å². The molecule has 48 heavy (non-hydrogen) atoms. The standard InChI is InChI=1S/C44H33N3O/c1-4-15-31(16-5-1)38-29-39(32-17-6-2-7-18-32)46-44(45-38)37-26-27-40(42-36-22-12-13-23-41(36)48-43(37)42)47(34-20-8-3-9-21-34)35-25-24-30-14-10-11-19-33(30)28-35/h1-11,14-29,38H,12-13H2,(H,45,46). The number of fused-ring (bicyclic) bond motifs is 4. The molecule has 2 aliphatic rings. The molecule has 1 unspecified atom stereocenters. The minimum Gasteiger partial charge on any atom is -0.456 e. The molecule has 0 fully saturated rings. The van der Waals surface area contributed by atoms with Crippen LogP contribution in [0.5, 0.6) is 0 Å². The Kier molecular flexibility index (Phi) is 6.98. The van der Waals surface area contributed by atoms with E-state index in [4.69, 9.17) is 9.41 Å². The van der Waals surface area contributed by atoms with Gasteiger partial charge in [-0.05, 0) is 83.3 Å². The molecule has 1 atom stereocenters. The van der Waals surface area contributed by atoms with E-state index in [1.165, 1.54) is 16.3 Å². The summed E-state index contributed by atoms with van der Waals surface area (Å²) in [4.78, 5) is 7.61. The number of nitrogens with zero attached hydrogens (tertiary/aromatic N) is 2. The minimum absolute atomic E-state index is 0.0511. The first-order valence-electron chi connectivity index (χ1n) is 16.6. The van der Waals surface area contributed by atoms with Crippen molar-refractivity contribution in [3.05, 3.63) is 179 Å². The Morgan fingerprint density at radius 3 is 2.17 bits per heavy atom. The molecule has 7 aromatic rings. The summed E-state index contributed by atoms with van der Waals surface area (Å²) in [6.07, 6.45) is 8.70. The Balaban J connectivity index is 1.28. The van der Waals surface area contributed by atoms with Gasteiger partial charge in [0.25, 0.3) is 0 Å². The first-order valence-corrected chi connectivity index (χ1v) is 16.6. The van der Waals surface area contributed by atoms with Crippen LogP contribution in [-0.2, 0) is 0 Å². The van der Waals surface area contributed by atoms with E-state index in [-0.39, 0.29) is 6.04 Å². The van der Waals surface area contributed by atoms with Crippen molar-refractivity contribution in [2.75, 3.05) is 4.90 Å². The maximum atomic E-state index is 6.84. The van der Waals surface area contributed by atoms with Crippen molar-refractivity contribution in [3.8, 4) is 0 Å². The average Bonchev–Trinajstić information content (AvgIpc) is 3.56. The highest BCUT2D eigenvalue weighted by Crippen LogP contribution is 2.40. The third-order valence-corrected chi connectivity index (χ3v) is 9.31. The van der Waals surface area contributed by atoms with Crippen LogP contribution in [0.3, 0.4) is 0 Å². The summed E-state index contributed by atoms with van der Waals surface area (Å²) in [5.41, 5.74) is 9.15. The second-order valence-electron chi connectivity index (χ2n) is 12.3. The number of hydrogen-bond donors (Lipinski definition) is 1. The van der Waals surface area contributed by atoms with Gasteiger partial charge in [0.1, 0.15) is 16.8 Å². The van der Waals surface area contributed by atoms with Crippen LogP contribution in [0.4, 0.5) is 17.1 Å². The topological polar surface area (TPSA) is 40.8 Å². The molecular weight excluding hydrogens is 587 g/mol. The lowest BCUT2D eigenvalue weighted by atomic mass is 9.99. The molecule has 1 aliphatic carbocycles. The molecule has 1 aromatic heterocycles. The van der Waals surface area contributed by atoms with E-state index in [1.807, 2.05) is 6.07 Å². The van der Waals surface area contributed by atoms with Gasteiger partial charge in [-0.25, -0.2) is 4.99 Å². The van der Waals surface area contributed by atoms with E-state index in [2.05, 4.69) is 168 Å². The number of rotatable bonds is 6.